The fourth-order valence-corrected chi connectivity index (χ4v) is 2.26. The maximum Gasteiger partial charge on any atom is 0.126 e. The zero-order valence-electron chi connectivity index (χ0n) is 11.5. The van der Waals surface area contributed by atoms with E-state index in [0.29, 0.717) is 0 Å². The highest BCUT2D eigenvalue weighted by Gasteiger charge is 2.08. The minimum Gasteiger partial charge on any atom is -0.496 e. The largest absolute Gasteiger partial charge is 0.496 e. The lowest BCUT2D eigenvalue weighted by Gasteiger charge is -2.16. The third-order valence-corrected chi connectivity index (χ3v) is 3.49. The third-order valence-electron chi connectivity index (χ3n) is 3.49. The Balaban J connectivity index is 2.29. The number of methoxy groups -OCH3 is 1. The number of rotatable bonds is 6. The monoisotopic (exact) mass is 259 g/mol. The second-order valence-electron chi connectivity index (χ2n) is 4.64. The van der Waals surface area contributed by atoms with E-state index in [1.165, 1.54) is 10.9 Å². The molecule has 2 aromatic carbocycles. The van der Waals surface area contributed by atoms with Crippen LogP contribution in [0.1, 0.15) is 18.9 Å². The van der Waals surface area contributed by atoms with Gasteiger partial charge in [-0.25, -0.2) is 0 Å². The van der Waals surface area contributed by atoms with Crippen molar-refractivity contribution in [2.24, 2.45) is 0 Å². The van der Waals surface area contributed by atoms with Crippen LogP contribution in [0.5, 0.6) is 5.75 Å². The second kappa shape index (κ2) is 6.55. The minimum atomic E-state index is 0.154. The third kappa shape index (κ3) is 3.06. The Bertz CT molecular complexity index is 535. The van der Waals surface area contributed by atoms with Gasteiger partial charge < -0.3 is 15.2 Å². The molecule has 19 heavy (non-hydrogen) atoms. The Labute approximate surface area is 114 Å². The van der Waals surface area contributed by atoms with Crippen molar-refractivity contribution in [1.82, 2.24) is 5.32 Å². The average molecular weight is 259 g/mol. The fraction of sp³-hybridized carbons (Fsp3) is 0.375. The van der Waals surface area contributed by atoms with Crippen LogP contribution in [0.4, 0.5) is 0 Å². The molecule has 2 N–H and O–H groups in total. The zero-order valence-corrected chi connectivity index (χ0v) is 11.5. The summed E-state index contributed by atoms with van der Waals surface area (Å²) in [5.74, 6) is 0.897. The van der Waals surface area contributed by atoms with Gasteiger partial charge in [0.15, 0.2) is 0 Å². The summed E-state index contributed by atoms with van der Waals surface area (Å²) in [6, 6.07) is 12.5. The van der Waals surface area contributed by atoms with Gasteiger partial charge in [-0.3, -0.25) is 0 Å². The normalized spacial score (nSPS) is 12.6. The van der Waals surface area contributed by atoms with E-state index in [1.807, 2.05) is 18.2 Å². The predicted octanol–water partition coefficient (Wildman–Crippen LogP) is 2.71. The van der Waals surface area contributed by atoms with Crippen LogP contribution in [0.2, 0.25) is 0 Å². The number of ether oxygens (including phenoxy) is 1. The van der Waals surface area contributed by atoms with Crippen molar-refractivity contribution in [1.29, 1.82) is 0 Å². The molecule has 0 saturated carbocycles. The number of aliphatic hydroxyl groups excluding tert-OH is 1. The molecule has 0 aliphatic heterocycles. The van der Waals surface area contributed by atoms with Crippen molar-refractivity contribution in [2.45, 2.75) is 25.9 Å². The molecule has 0 radical (unpaired) electrons. The lowest BCUT2D eigenvalue weighted by molar-refractivity contribution is 0.238. The standard InChI is InChI=1S/C16H21NO2/c1-3-13(11-18)17-10-12-8-9-16(19-2)15-7-5-4-6-14(12)15/h4-9,13,17-18H,3,10-11H2,1-2H3/t13-/m0/s1. The first-order valence-electron chi connectivity index (χ1n) is 6.69. The van der Waals surface area contributed by atoms with E-state index < -0.39 is 0 Å². The number of aliphatic hydroxyl groups is 1. The number of hydrogen-bond acceptors (Lipinski definition) is 3. The van der Waals surface area contributed by atoms with Crippen molar-refractivity contribution in [3.8, 4) is 5.75 Å². The van der Waals surface area contributed by atoms with Gasteiger partial charge >= 0.3 is 0 Å². The molecule has 2 aromatic rings. The lowest BCUT2D eigenvalue weighted by Crippen LogP contribution is -2.31. The van der Waals surface area contributed by atoms with E-state index in [0.717, 1.165) is 24.1 Å². The van der Waals surface area contributed by atoms with Gasteiger partial charge in [0, 0.05) is 18.0 Å². The first-order valence-corrected chi connectivity index (χ1v) is 6.69. The summed E-state index contributed by atoms with van der Waals surface area (Å²) in [4.78, 5) is 0. The van der Waals surface area contributed by atoms with Crippen LogP contribution in [0.3, 0.4) is 0 Å². The van der Waals surface area contributed by atoms with Crippen LogP contribution < -0.4 is 10.1 Å². The second-order valence-corrected chi connectivity index (χ2v) is 4.64. The van der Waals surface area contributed by atoms with Crippen molar-refractivity contribution < 1.29 is 9.84 Å². The summed E-state index contributed by atoms with van der Waals surface area (Å²) < 4.78 is 5.39. The van der Waals surface area contributed by atoms with E-state index in [9.17, 15) is 5.11 Å². The van der Waals surface area contributed by atoms with Gasteiger partial charge in [0.05, 0.1) is 13.7 Å². The average Bonchev–Trinajstić information content (AvgIpc) is 2.48. The van der Waals surface area contributed by atoms with E-state index in [-0.39, 0.29) is 12.6 Å². The highest BCUT2D eigenvalue weighted by Crippen LogP contribution is 2.28. The first kappa shape index (κ1) is 13.8. The Morgan fingerprint density at radius 2 is 1.89 bits per heavy atom. The molecule has 0 amide bonds. The predicted molar refractivity (Wildman–Crippen MR) is 78.5 cm³/mol. The Morgan fingerprint density at radius 1 is 1.16 bits per heavy atom. The van der Waals surface area contributed by atoms with E-state index in [2.05, 4.69) is 30.4 Å². The highest BCUT2D eigenvalue weighted by molar-refractivity contribution is 5.91. The van der Waals surface area contributed by atoms with Crippen LogP contribution in [0.25, 0.3) is 10.8 Å². The number of fused-ring (bicyclic) bond motifs is 1. The highest BCUT2D eigenvalue weighted by atomic mass is 16.5. The SMILES string of the molecule is CC[C@@H](CO)NCc1ccc(OC)c2ccccc12. The topological polar surface area (TPSA) is 41.5 Å². The van der Waals surface area contributed by atoms with E-state index >= 15 is 0 Å². The molecular weight excluding hydrogens is 238 g/mol. The maximum absolute atomic E-state index is 9.22. The van der Waals surface area contributed by atoms with E-state index in [1.54, 1.807) is 7.11 Å². The fourth-order valence-electron chi connectivity index (χ4n) is 2.26. The van der Waals surface area contributed by atoms with Crippen molar-refractivity contribution in [2.75, 3.05) is 13.7 Å². The lowest BCUT2D eigenvalue weighted by atomic mass is 10.0. The molecule has 0 saturated heterocycles. The van der Waals surface area contributed by atoms with Gasteiger partial charge in [-0.05, 0) is 23.4 Å². The molecule has 3 heteroatoms. The van der Waals surface area contributed by atoms with Crippen molar-refractivity contribution >= 4 is 10.8 Å². The number of hydrogen-bond donors (Lipinski definition) is 2. The van der Waals surface area contributed by atoms with Crippen molar-refractivity contribution in [3.63, 3.8) is 0 Å². The van der Waals surface area contributed by atoms with Crippen LogP contribution >= 0.6 is 0 Å². The molecule has 0 unspecified atom stereocenters. The summed E-state index contributed by atoms with van der Waals surface area (Å²) >= 11 is 0. The van der Waals surface area contributed by atoms with Crippen molar-refractivity contribution in [3.05, 3.63) is 42.0 Å². The molecular formula is C16H21NO2. The molecule has 0 aliphatic carbocycles. The van der Waals surface area contributed by atoms with Crippen LogP contribution in [0.15, 0.2) is 36.4 Å². The summed E-state index contributed by atoms with van der Waals surface area (Å²) in [5, 5.41) is 14.9. The smallest absolute Gasteiger partial charge is 0.126 e. The molecule has 0 fully saturated rings. The molecule has 3 nitrogen and oxygen atoms in total. The van der Waals surface area contributed by atoms with Crippen LogP contribution in [-0.2, 0) is 6.54 Å². The number of benzene rings is 2. The molecule has 1 atom stereocenters. The van der Waals surface area contributed by atoms with Crippen LogP contribution in [-0.4, -0.2) is 24.9 Å². The zero-order chi connectivity index (χ0) is 13.7. The first-order chi connectivity index (χ1) is 9.30. The molecule has 0 aromatic heterocycles. The van der Waals surface area contributed by atoms with Gasteiger partial charge in [-0.15, -0.1) is 0 Å². The quantitative estimate of drug-likeness (QED) is 0.838. The van der Waals surface area contributed by atoms with E-state index in [4.69, 9.17) is 4.74 Å². The molecule has 0 aliphatic rings. The molecule has 0 heterocycles. The Morgan fingerprint density at radius 3 is 2.53 bits per heavy atom. The van der Waals surface area contributed by atoms with Gasteiger partial charge in [0.25, 0.3) is 0 Å². The minimum absolute atomic E-state index is 0.154. The van der Waals surface area contributed by atoms with Gasteiger partial charge in [0.2, 0.25) is 0 Å². The summed E-state index contributed by atoms with van der Waals surface area (Å²) in [6.45, 7) is 2.99. The Hall–Kier alpha value is -1.58. The van der Waals surface area contributed by atoms with Gasteiger partial charge in [-0.1, -0.05) is 37.3 Å². The molecule has 0 spiro atoms. The van der Waals surface area contributed by atoms with Gasteiger partial charge in [-0.2, -0.15) is 0 Å². The Kier molecular flexibility index (Phi) is 4.77. The molecule has 2 rings (SSSR count). The molecule has 0 bridgehead atoms. The summed E-state index contributed by atoms with van der Waals surface area (Å²) in [7, 11) is 1.69. The summed E-state index contributed by atoms with van der Waals surface area (Å²) in [5.41, 5.74) is 1.23. The van der Waals surface area contributed by atoms with Crippen LogP contribution in [0, 0.1) is 0 Å². The summed E-state index contributed by atoms with van der Waals surface area (Å²) in [6.07, 6.45) is 0.921. The number of nitrogens with one attached hydrogen (secondary N) is 1. The maximum atomic E-state index is 9.22. The molecule has 102 valence electrons. The van der Waals surface area contributed by atoms with Gasteiger partial charge in [0.1, 0.15) is 5.75 Å².